The van der Waals surface area contributed by atoms with E-state index < -0.39 is 0 Å². The van der Waals surface area contributed by atoms with E-state index in [9.17, 15) is 0 Å². The first-order chi connectivity index (χ1) is 8.15. The summed E-state index contributed by atoms with van der Waals surface area (Å²) in [4.78, 5) is 0. The fourth-order valence-electron chi connectivity index (χ4n) is 2.88. The average molecular weight is 293 g/mol. The molecule has 0 saturated carbocycles. The van der Waals surface area contributed by atoms with E-state index in [1.165, 1.54) is 39.3 Å². The molecule has 1 unspecified atom stereocenters. The molecule has 1 aliphatic rings. The van der Waals surface area contributed by atoms with Gasteiger partial charge in [-0.25, -0.2) is 0 Å². The predicted molar refractivity (Wildman–Crippen MR) is 75.3 cm³/mol. The first-order valence-electron chi connectivity index (χ1n) is 6.21. The summed E-state index contributed by atoms with van der Waals surface area (Å²) in [7, 11) is 0. The third-order valence-electron chi connectivity index (χ3n) is 3.49. The van der Waals surface area contributed by atoms with Gasteiger partial charge in [0, 0.05) is 28.6 Å². The summed E-state index contributed by atoms with van der Waals surface area (Å²) in [6, 6.07) is 4.71. The van der Waals surface area contributed by atoms with E-state index in [0.29, 0.717) is 0 Å². The van der Waals surface area contributed by atoms with Crippen LogP contribution in [0, 0.1) is 0 Å². The molecule has 0 bridgehead atoms. The Morgan fingerprint density at radius 1 is 1.47 bits per heavy atom. The number of benzene rings is 1. The lowest BCUT2D eigenvalue weighted by Gasteiger charge is -2.15. The Labute approximate surface area is 110 Å². The monoisotopic (exact) mass is 292 g/mol. The van der Waals surface area contributed by atoms with Gasteiger partial charge in [0.25, 0.3) is 0 Å². The van der Waals surface area contributed by atoms with Gasteiger partial charge in [-0.1, -0.05) is 15.9 Å². The zero-order chi connectivity index (χ0) is 12.0. The summed E-state index contributed by atoms with van der Waals surface area (Å²) >= 11 is 3.62. The van der Waals surface area contributed by atoms with Crippen molar-refractivity contribution in [3.05, 3.63) is 33.9 Å². The van der Waals surface area contributed by atoms with Crippen molar-refractivity contribution in [1.29, 1.82) is 0 Å². The van der Waals surface area contributed by atoms with Gasteiger partial charge in [0.1, 0.15) is 0 Å². The van der Waals surface area contributed by atoms with Crippen LogP contribution >= 0.6 is 15.9 Å². The maximum Gasteiger partial charge on any atom is 0.0516 e. The lowest BCUT2D eigenvalue weighted by Crippen LogP contribution is -2.17. The van der Waals surface area contributed by atoms with E-state index in [0.717, 1.165) is 13.0 Å². The molecule has 90 valence electrons. The van der Waals surface area contributed by atoms with Crippen molar-refractivity contribution in [3.63, 3.8) is 0 Å². The molecule has 0 spiro atoms. The van der Waals surface area contributed by atoms with Gasteiger partial charge in [-0.15, -0.1) is 0 Å². The Morgan fingerprint density at radius 2 is 2.29 bits per heavy atom. The minimum Gasteiger partial charge on any atom is -0.347 e. The van der Waals surface area contributed by atoms with Gasteiger partial charge in [-0.05, 0) is 49.4 Å². The number of rotatable bonds is 2. The molecule has 0 amide bonds. The van der Waals surface area contributed by atoms with Crippen LogP contribution in [-0.2, 0) is 19.4 Å². The third kappa shape index (κ3) is 1.91. The molecule has 2 heterocycles. The maximum absolute atomic E-state index is 5.94. The van der Waals surface area contributed by atoms with E-state index in [2.05, 4.69) is 45.8 Å². The highest BCUT2D eigenvalue weighted by atomic mass is 79.9. The number of hydrogen-bond donors (Lipinski definition) is 1. The van der Waals surface area contributed by atoms with Crippen LogP contribution in [0.15, 0.2) is 22.8 Å². The van der Waals surface area contributed by atoms with Crippen molar-refractivity contribution in [2.75, 3.05) is 0 Å². The molecule has 0 radical (unpaired) electrons. The highest BCUT2D eigenvalue weighted by molar-refractivity contribution is 9.10. The molecule has 17 heavy (non-hydrogen) atoms. The first-order valence-corrected chi connectivity index (χ1v) is 7.00. The first kappa shape index (κ1) is 11.3. The number of aromatic nitrogens is 1. The quantitative estimate of drug-likeness (QED) is 0.905. The van der Waals surface area contributed by atoms with Crippen LogP contribution in [0.4, 0.5) is 0 Å². The molecule has 1 aliphatic heterocycles. The van der Waals surface area contributed by atoms with Gasteiger partial charge < -0.3 is 10.3 Å². The van der Waals surface area contributed by atoms with Crippen LogP contribution in [0.1, 0.15) is 24.5 Å². The lowest BCUT2D eigenvalue weighted by atomic mass is 10.0. The van der Waals surface area contributed by atoms with Crippen LogP contribution in [-0.4, -0.2) is 10.6 Å². The second-order valence-electron chi connectivity index (χ2n) is 5.09. The summed E-state index contributed by atoms with van der Waals surface area (Å²) in [6.45, 7) is 3.21. The van der Waals surface area contributed by atoms with Crippen molar-refractivity contribution < 1.29 is 0 Å². The van der Waals surface area contributed by atoms with Crippen LogP contribution in [0.5, 0.6) is 0 Å². The normalized spacial score (nSPS) is 16.4. The van der Waals surface area contributed by atoms with Gasteiger partial charge in [-0.2, -0.15) is 0 Å². The highest BCUT2D eigenvalue weighted by Gasteiger charge is 2.17. The smallest absolute Gasteiger partial charge is 0.0516 e. The van der Waals surface area contributed by atoms with Crippen LogP contribution < -0.4 is 5.73 Å². The molecule has 3 rings (SSSR count). The minimum absolute atomic E-state index is 0.220. The third-order valence-corrected chi connectivity index (χ3v) is 3.94. The Hall–Kier alpha value is -0.800. The van der Waals surface area contributed by atoms with Crippen molar-refractivity contribution in [3.8, 4) is 0 Å². The summed E-state index contributed by atoms with van der Waals surface area (Å²) < 4.78 is 3.59. The Balaban J connectivity index is 2.25. The number of halogens is 1. The van der Waals surface area contributed by atoms with Gasteiger partial charge in [0.2, 0.25) is 0 Å². The van der Waals surface area contributed by atoms with E-state index >= 15 is 0 Å². The van der Waals surface area contributed by atoms with Gasteiger partial charge in [0.05, 0.1) is 5.52 Å². The molecule has 0 aliphatic carbocycles. The maximum atomic E-state index is 5.94. The molecule has 1 aromatic heterocycles. The average Bonchev–Trinajstić information content (AvgIpc) is 2.57. The topological polar surface area (TPSA) is 30.9 Å². The minimum atomic E-state index is 0.220. The molecular formula is C14H17BrN2. The van der Waals surface area contributed by atoms with Crippen LogP contribution in [0.25, 0.3) is 10.9 Å². The van der Waals surface area contributed by atoms with Crippen LogP contribution in [0.2, 0.25) is 0 Å². The number of nitrogens with zero attached hydrogens (tertiary/aromatic N) is 1. The summed E-state index contributed by atoms with van der Waals surface area (Å²) in [5, 5.41) is 1.38. The van der Waals surface area contributed by atoms with Crippen molar-refractivity contribution >= 4 is 26.8 Å². The number of hydrogen-bond acceptors (Lipinski definition) is 1. The van der Waals surface area contributed by atoms with Crippen molar-refractivity contribution in [2.45, 2.75) is 38.8 Å². The molecular weight excluding hydrogens is 276 g/mol. The summed E-state index contributed by atoms with van der Waals surface area (Å²) in [5.74, 6) is 0. The zero-order valence-corrected chi connectivity index (χ0v) is 11.6. The number of aryl methyl sites for hydroxylation is 2. The molecule has 3 heteroatoms. The van der Waals surface area contributed by atoms with E-state index in [1.807, 2.05) is 0 Å². The molecule has 1 aromatic carbocycles. The Kier molecular flexibility index (Phi) is 2.75. The fraction of sp³-hybridized carbons (Fsp3) is 0.429. The lowest BCUT2D eigenvalue weighted by molar-refractivity contribution is 0.632. The van der Waals surface area contributed by atoms with E-state index in [4.69, 9.17) is 5.73 Å². The largest absolute Gasteiger partial charge is 0.347 e. The standard InChI is InChI=1S/C14H17BrN2/c1-9(16)5-11-8-17-4-2-3-10-6-12(15)7-13(11)14(10)17/h6-9H,2-5,16H2,1H3. The van der Waals surface area contributed by atoms with Gasteiger partial charge >= 0.3 is 0 Å². The second kappa shape index (κ2) is 4.14. The summed E-state index contributed by atoms with van der Waals surface area (Å²) in [5.41, 5.74) is 10.2. The Bertz CT molecular complexity index is 569. The van der Waals surface area contributed by atoms with Gasteiger partial charge in [0.15, 0.2) is 0 Å². The fourth-order valence-corrected chi connectivity index (χ4v) is 3.38. The van der Waals surface area contributed by atoms with Crippen molar-refractivity contribution in [1.82, 2.24) is 4.57 Å². The molecule has 2 N–H and O–H groups in total. The van der Waals surface area contributed by atoms with E-state index in [-0.39, 0.29) is 6.04 Å². The molecule has 2 aromatic rings. The van der Waals surface area contributed by atoms with Crippen molar-refractivity contribution in [2.24, 2.45) is 5.73 Å². The molecule has 0 saturated heterocycles. The number of nitrogens with two attached hydrogens (primary N) is 1. The van der Waals surface area contributed by atoms with Crippen LogP contribution in [0.3, 0.4) is 0 Å². The van der Waals surface area contributed by atoms with Gasteiger partial charge in [-0.3, -0.25) is 0 Å². The van der Waals surface area contributed by atoms with E-state index in [1.54, 1.807) is 0 Å². The zero-order valence-electron chi connectivity index (χ0n) is 10.0. The molecule has 2 nitrogen and oxygen atoms in total. The highest BCUT2D eigenvalue weighted by Crippen LogP contribution is 2.32. The Morgan fingerprint density at radius 3 is 3.06 bits per heavy atom. The molecule has 0 fully saturated rings. The SMILES string of the molecule is CC(N)Cc1cn2c3c(cc(Br)cc13)CCC2. The summed E-state index contributed by atoms with van der Waals surface area (Å²) in [6.07, 6.45) is 5.69. The second-order valence-corrected chi connectivity index (χ2v) is 6.01. The molecule has 1 atom stereocenters. The predicted octanol–water partition coefficient (Wildman–Crippen LogP) is 3.24.